The Balaban J connectivity index is 2.05. The summed E-state index contributed by atoms with van der Waals surface area (Å²) < 4.78 is 39.1. The highest BCUT2D eigenvalue weighted by Crippen LogP contribution is 2.23. The molecule has 1 saturated heterocycles. The SMILES string of the molecule is CO[C@@H]1OC(COS(=O)(=O)c2ccc(C)cc2)[C@H](O)[C@H](O)C1O. The lowest BCUT2D eigenvalue weighted by atomic mass is 9.99. The lowest BCUT2D eigenvalue weighted by Gasteiger charge is -2.39. The van der Waals surface area contributed by atoms with Gasteiger partial charge in [-0.25, -0.2) is 0 Å². The number of hydrogen-bond acceptors (Lipinski definition) is 8. The van der Waals surface area contributed by atoms with Gasteiger partial charge in [-0.2, -0.15) is 8.42 Å². The fourth-order valence-corrected chi connectivity index (χ4v) is 3.10. The van der Waals surface area contributed by atoms with Crippen molar-refractivity contribution in [2.45, 2.75) is 42.5 Å². The fourth-order valence-electron chi connectivity index (χ4n) is 2.18. The van der Waals surface area contributed by atoms with Crippen molar-refractivity contribution in [1.82, 2.24) is 0 Å². The summed E-state index contributed by atoms with van der Waals surface area (Å²) in [5.41, 5.74) is 0.898. The Morgan fingerprint density at radius 3 is 2.26 bits per heavy atom. The summed E-state index contributed by atoms with van der Waals surface area (Å²) in [7, 11) is -2.78. The number of aliphatic hydroxyl groups is 3. The van der Waals surface area contributed by atoms with Crippen molar-refractivity contribution >= 4 is 10.1 Å². The summed E-state index contributed by atoms with van der Waals surface area (Å²) in [6.45, 7) is 1.29. The van der Waals surface area contributed by atoms with Crippen molar-refractivity contribution in [3.05, 3.63) is 29.8 Å². The Labute approximate surface area is 134 Å². The molecule has 8 nitrogen and oxygen atoms in total. The van der Waals surface area contributed by atoms with Crippen molar-refractivity contribution in [3.8, 4) is 0 Å². The van der Waals surface area contributed by atoms with Gasteiger partial charge in [-0.3, -0.25) is 4.18 Å². The maximum Gasteiger partial charge on any atom is 0.297 e. The molecule has 2 rings (SSSR count). The van der Waals surface area contributed by atoms with Gasteiger partial charge in [-0.1, -0.05) is 17.7 Å². The number of benzene rings is 1. The predicted molar refractivity (Wildman–Crippen MR) is 78.0 cm³/mol. The first-order valence-corrected chi connectivity index (χ1v) is 8.35. The van der Waals surface area contributed by atoms with Crippen LogP contribution in [0.4, 0.5) is 0 Å². The largest absolute Gasteiger partial charge is 0.387 e. The fraction of sp³-hybridized carbons (Fsp3) is 0.571. The van der Waals surface area contributed by atoms with Crippen LogP contribution in [0.1, 0.15) is 5.56 Å². The van der Waals surface area contributed by atoms with Crippen LogP contribution >= 0.6 is 0 Å². The van der Waals surface area contributed by atoms with Crippen molar-refractivity contribution < 1.29 is 37.4 Å². The molecule has 1 aliphatic rings. The van der Waals surface area contributed by atoms with Crippen molar-refractivity contribution in [2.75, 3.05) is 13.7 Å². The van der Waals surface area contributed by atoms with E-state index < -0.39 is 47.4 Å². The van der Waals surface area contributed by atoms with Gasteiger partial charge in [0.25, 0.3) is 10.1 Å². The summed E-state index contributed by atoms with van der Waals surface area (Å²) in [5, 5.41) is 29.2. The van der Waals surface area contributed by atoms with Crippen LogP contribution in [0, 0.1) is 6.92 Å². The third-order valence-electron chi connectivity index (χ3n) is 3.60. The van der Waals surface area contributed by atoms with Gasteiger partial charge in [0.15, 0.2) is 6.29 Å². The number of ether oxygens (including phenoxy) is 2. The van der Waals surface area contributed by atoms with Crippen LogP contribution in [0.3, 0.4) is 0 Å². The number of hydrogen-bond donors (Lipinski definition) is 3. The monoisotopic (exact) mass is 348 g/mol. The van der Waals surface area contributed by atoms with E-state index in [4.69, 9.17) is 13.7 Å². The summed E-state index contributed by atoms with van der Waals surface area (Å²) in [4.78, 5) is -0.0303. The van der Waals surface area contributed by atoms with Crippen LogP contribution < -0.4 is 0 Å². The first kappa shape index (κ1) is 18.3. The average Bonchev–Trinajstić information content (AvgIpc) is 2.52. The van der Waals surface area contributed by atoms with E-state index in [1.807, 2.05) is 6.92 Å². The van der Waals surface area contributed by atoms with Gasteiger partial charge in [-0.05, 0) is 19.1 Å². The quantitative estimate of drug-likeness (QED) is 0.589. The summed E-state index contributed by atoms with van der Waals surface area (Å²) in [6.07, 6.45) is -6.85. The predicted octanol–water partition coefficient (Wildman–Crippen LogP) is -0.846. The standard InChI is InChI=1S/C14H20O8S/c1-8-3-5-9(6-4-8)23(18,19)21-7-10-11(15)12(16)13(17)14(20-2)22-10/h3-6,10-17H,7H2,1-2H3/t10?,11-,12-,13?,14+/m0/s1. The van der Waals surface area contributed by atoms with Gasteiger partial charge < -0.3 is 24.8 Å². The molecule has 1 fully saturated rings. The maximum atomic E-state index is 12.1. The highest BCUT2D eigenvalue weighted by molar-refractivity contribution is 7.86. The van der Waals surface area contributed by atoms with E-state index in [-0.39, 0.29) is 4.90 Å². The Kier molecular flexibility index (Phi) is 5.74. The van der Waals surface area contributed by atoms with Gasteiger partial charge in [0.2, 0.25) is 0 Å². The molecule has 0 radical (unpaired) electrons. The number of rotatable bonds is 5. The van der Waals surface area contributed by atoms with E-state index in [9.17, 15) is 23.7 Å². The zero-order valence-electron chi connectivity index (χ0n) is 12.7. The molecule has 0 spiro atoms. The number of aryl methyl sites for hydroxylation is 1. The van der Waals surface area contributed by atoms with E-state index in [0.717, 1.165) is 5.56 Å². The van der Waals surface area contributed by atoms with Crippen LogP contribution in [0.2, 0.25) is 0 Å². The summed E-state index contributed by atoms with van der Waals surface area (Å²) >= 11 is 0. The molecule has 23 heavy (non-hydrogen) atoms. The molecule has 0 aromatic heterocycles. The molecule has 0 aliphatic carbocycles. The average molecular weight is 348 g/mol. The van der Waals surface area contributed by atoms with Crippen LogP contribution in [-0.2, 0) is 23.8 Å². The lowest BCUT2D eigenvalue weighted by Crippen LogP contribution is -2.59. The minimum atomic E-state index is -4.03. The van der Waals surface area contributed by atoms with Gasteiger partial charge in [-0.15, -0.1) is 0 Å². The second kappa shape index (κ2) is 7.22. The molecule has 1 heterocycles. The Morgan fingerprint density at radius 1 is 1.09 bits per heavy atom. The van der Waals surface area contributed by atoms with Crippen LogP contribution in [0.5, 0.6) is 0 Å². The Hall–Kier alpha value is -1.07. The molecule has 1 aromatic rings. The molecule has 0 saturated carbocycles. The lowest BCUT2D eigenvalue weighted by molar-refractivity contribution is -0.293. The molecule has 1 aliphatic heterocycles. The van der Waals surface area contributed by atoms with Crippen molar-refractivity contribution in [2.24, 2.45) is 0 Å². The molecule has 0 bridgehead atoms. The van der Waals surface area contributed by atoms with Crippen molar-refractivity contribution in [1.29, 1.82) is 0 Å². The molecular weight excluding hydrogens is 328 g/mol. The van der Waals surface area contributed by atoms with Crippen LogP contribution in [0.15, 0.2) is 29.2 Å². The van der Waals surface area contributed by atoms with E-state index in [1.165, 1.54) is 19.2 Å². The molecule has 3 N–H and O–H groups in total. The number of aliphatic hydroxyl groups excluding tert-OH is 3. The molecule has 9 heteroatoms. The van der Waals surface area contributed by atoms with Gasteiger partial charge in [0.1, 0.15) is 24.4 Å². The zero-order chi connectivity index (χ0) is 17.2. The van der Waals surface area contributed by atoms with E-state index in [0.29, 0.717) is 0 Å². The normalized spacial score (nSPS) is 32.0. The topological polar surface area (TPSA) is 123 Å². The summed E-state index contributed by atoms with van der Waals surface area (Å²) in [5.74, 6) is 0. The van der Waals surface area contributed by atoms with E-state index in [2.05, 4.69) is 0 Å². The molecule has 0 amide bonds. The zero-order valence-corrected chi connectivity index (χ0v) is 13.5. The smallest absolute Gasteiger partial charge is 0.297 e. The highest BCUT2D eigenvalue weighted by Gasteiger charge is 2.44. The highest BCUT2D eigenvalue weighted by atomic mass is 32.2. The third-order valence-corrected chi connectivity index (χ3v) is 4.89. The van der Waals surface area contributed by atoms with E-state index >= 15 is 0 Å². The Morgan fingerprint density at radius 2 is 1.70 bits per heavy atom. The second-order valence-electron chi connectivity index (χ2n) is 5.30. The molecule has 130 valence electrons. The second-order valence-corrected chi connectivity index (χ2v) is 6.92. The first-order valence-electron chi connectivity index (χ1n) is 6.95. The van der Waals surface area contributed by atoms with Gasteiger partial charge in [0, 0.05) is 7.11 Å². The molecule has 5 atom stereocenters. The van der Waals surface area contributed by atoms with Crippen molar-refractivity contribution in [3.63, 3.8) is 0 Å². The minimum absolute atomic E-state index is 0.0303. The first-order chi connectivity index (χ1) is 10.8. The minimum Gasteiger partial charge on any atom is -0.387 e. The van der Waals surface area contributed by atoms with E-state index in [1.54, 1.807) is 12.1 Å². The molecular formula is C14H20O8S. The third kappa shape index (κ3) is 4.07. The number of methoxy groups -OCH3 is 1. The van der Waals surface area contributed by atoms with Crippen LogP contribution in [0.25, 0.3) is 0 Å². The molecule has 2 unspecified atom stereocenters. The summed E-state index contributed by atoms with van der Waals surface area (Å²) in [6, 6.07) is 6.06. The van der Waals surface area contributed by atoms with Crippen LogP contribution in [-0.4, -0.2) is 68.2 Å². The van der Waals surface area contributed by atoms with Gasteiger partial charge >= 0.3 is 0 Å². The Bertz CT molecular complexity index is 612. The molecule has 1 aromatic carbocycles. The van der Waals surface area contributed by atoms with Gasteiger partial charge in [0.05, 0.1) is 11.5 Å². The maximum absolute atomic E-state index is 12.1.